The number of fused-ring (bicyclic) bond motifs is 5. The minimum Gasteiger partial charge on any atom is -0.504 e. The Hall–Kier alpha value is -3.94. The smallest absolute Gasteiger partial charge is 0.188 e. The highest BCUT2D eigenvalue weighted by atomic mass is 16.5. The number of methoxy groups -OCH3 is 1. The largest absolute Gasteiger partial charge is 0.504 e. The highest BCUT2D eigenvalue weighted by Gasteiger charge is 2.29. The number of aryl methyl sites for hydroxylation is 2. The number of nitrogens with one attached hydrogen (secondary N) is 2. The summed E-state index contributed by atoms with van der Waals surface area (Å²) in [6.45, 7) is 6.51. The molecular formula is C39H54N4O6. The Morgan fingerprint density at radius 2 is 1.92 bits per heavy atom. The number of guanidine groups is 1. The summed E-state index contributed by atoms with van der Waals surface area (Å²) in [6.07, 6.45) is 7.89. The van der Waals surface area contributed by atoms with Gasteiger partial charge in [-0.15, -0.1) is 0 Å². The van der Waals surface area contributed by atoms with Crippen molar-refractivity contribution in [3.63, 3.8) is 0 Å². The van der Waals surface area contributed by atoms with Gasteiger partial charge in [0.05, 0.1) is 25.4 Å². The van der Waals surface area contributed by atoms with Gasteiger partial charge in [-0.1, -0.05) is 50.7 Å². The molecule has 49 heavy (non-hydrogen) atoms. The van der Waals surface area contributed by atoms with E-state index in [-0.39, 0.29) is 30.3 Å². The number of ketones is 1. The Morgan fingerprint density at radius 1 is 1.10 bits per heavy atom. The van der Waals surface area contributed by atoms with Crippen LogP contribution in [-0.4, -0.2) is 67.6 Å². The van der Waals surface area contributed by atoms with Gasteiger partial charge in [0.15, 0.2) is 29.0 Å². The number of aliphatic hydroxyl groups is 1. The average molecular weight is 675 g/mol. The number of carbonyl (C=O) groups is 1. The van der Waals surface area contributed by atoms with Gasteiger partial charge in [-0.05, 0) is 74.0 Å². The highest BCUT2D eigenvalue weighted by molar-refractivity contribution is 5.79. The van der Waals surface area contributed by atoms with Gasteiger partial charge in [0.25, 0.3) is 0 Å². The van der Waals surface area contributed by atoms with Gasteiger partial charge in [-0.2, -0.15) is 0 Å². The molecule has 0 radical (unpaired) electrons. The second-order valence-corrected chi connectivity index (χ2v) is 14.1. The molecule has 2 bridgehead atoms. The van der Waals surface area contributed by atoms with E-state index in [1.807, 2.05) is 0 Å². The number of rotatable bonds is 10. The van der Waals surface area contributed by atoms with Gasteiger partial charge in [-0.25, -0.2) is 0 Å². The fourth-order valence-electron chi connectivity index (χ4n) is 6.97. The summed E-state index contributed by atoms with van der Waals surface area (Å²) in [7, 11) is 1.50. The van der Waals surface area contributed by atoms with Crippen molar-refractivity contribution in [2.24, 2.45) is 22.6 Å². The molecule has 2 aromatic rings. The summed E-state index contributed by atoms with van der Waals surface area (Å²) in [6, 6.07) is 5.95. The number of aliphatic imine (C=N–C) groups is 1. The number of aliphatic hydroxyl groups excluding tert-OH is 1. The average Bonchev–Trinajstić information content (AvgIpc) is 3.60. The quantitative estimate of drug-likeness (QED) is 0.106. The highest BCUT2D eigenvalue weighted by Crippen LogP contribution is 2.43. The maximum atomic E-state index is 12.9. The first kappa shape index (κ1) is 36.3. The van der Waals surface area contributed by atoms with Gasteiger partial charge >= 0.3 is 0 Å². The number of phenolic OH excluding ortho intramolecular Hbond substituents is 1. The topological polar surface area (TPSA) is 148 Å². The SMILES string of the molecule is COc1c(O)ccc2c1C#CCc1cc(c3c(c1OCNC1CCCC1)OC[C@H](CCNC(N)=NCC(C)C)C3)CC[C@@H](O)CC(=O)CC2. The summed E-state index contributed by atoms with van der Waals surface area (Å²) in [5.41, 5.74) is 10.6. The zero-order valence-electron chi connectivity index (χ0n) is 29.4. The zero-order chi connectivity index (χ0) is 34.8. The van der Waals surface area contributed by atoms with E-state index in [1.54, 1.807) is 12.1 Å². The van der Waals surface area contributed by atoms with Crippen LogP contribution >= 0.6 is 0 Å². The number of hydrogen-bond acceptors (Lipinski definition) is 8. The van der Waals surface area contributed by atoms with E-state index < -0.39 is 6.10 Å². The molecule has 0 spiro atoms. The molecule has 6 N–H and O–H groups in total. The second-order valence-electron chi connectivity index (χ2n) is 14.1. The second kappa shape index (κ2) is 17.6. The van der Waals surface area contributed by atoms with Crippen molar-refractivity contribution < 1.29 is 29.2 Å². The molecule has 3 aliphatic rings. The number of nitrogens with two attached hydrogens (primary N) is 1. The maximum Gasteiger partial charge on any atom is 0.188 e. The first-order valence-electron chi connectivity index (χ1n) is 18.0. The van der Waals surface area contributed by atoms with Crippen LogP contribution in [0.25, 0.3) is 0 Å². The fraction of sp³-hybridized carbons (Fsp3) is 0.590. The van der Waals surface area contributed by atoms with Crippen LogP contribution in [0.3, 0.4) is 0 Å². The molecule has 2 aliphatic carbocycles. The molecule has 266 valence electrons. The molecule has 10 heteroatoms. The summed E-state index contributed by atoms with van der Waals surface area (Å²) in [5.74, 6) is 9.46. The van der Waals surface area contributed by atoms with Crippen molar-refractivity contribution in [2.45, 2.75) is 103 Å². The van der Waals surface area contributed by atoms with Gasteiger partial charge in [0.2, 0.25) is 0 Å². The number of phenols is 1. The van der Waals surface area contributed by atoms with Crippen molar-refractivity contribution in [3.8, 4) is 34.8 Å². The van der Waals surface area contributed by atoms with E-state index in [4.69, 9.17) is 19.9 Å². The van der Waals surface area contributed by atoms with Gasteiger partial charge in [-0.3, -0.25) is 15.1 Å². The summed E-state index contributed by atoms with van der Waals surface area (Å²) < 4.78 is 18.6. The van der Waals surface area contributed by atoms with Crippen molar-refractivity contribution in [2.75, 3.05) is 33.5 Å². The zero-order valence-corrected chi connectivity index (χ0v) is 29.4. The predicted octanol–water partition coefficient (Wildman–Crippen LogP) is 4.56. The van der Waals surface area contributed by atoms with Crippen LogP contribution in [0.2, 0.25) is 0 Å². The number of hydrogen-bond donors (Lipinski definition) is 5. The van der Waals surface area contributed by atoms with E-state index >= 15 is 0 Å². The van der Waals surface area contributed by atoms with Crippen LogP contribution in [-0.2, 0) is 30.5 Å². The number of nitrogens with zero attached hydrogens (tertiary/aromatic N) is 1. The number of carbonyl (C=O) groups excluding carboxylic acids is 1. The Bertz CT molecular complexity index is 1540. The molecule has 0 amide bonds. The van der Waals surface area contributed by atoms with E-state index in [0.717, 1.165) is 53.7 Å². The third-order valence-electron chi connectivity index (χ3n) is 9.70. The molecule has 5 rings (SSSR count). The van der Waals surface area contributed by atoms with Gasteiger partial charge < -0.3 is 35.5 Å². The predicted molar refractivity (Wildman–Crippen MR) is 191 cm³/mol. The number of ether oxygens (including phenoxy) is 3. The Labute approximate surface area is 291 Å². The third kappa shape index (κ3) is 10.1. The van der Waals surface area contributed by atoms with Crippen LogP contribution < -0.4 is 30.6 Å². The molecule has 2 atom stereocenters. The van der Waals surface area contributed by atoms with Crippen LogP contribution in [0.15, 0.2) is 23.2 Å². The monoisotopic (exact) mass is 674 g/mol. The lowest BCUT2D eigenvalue weighted by Gasteiger charge is -2.30. The van der Waals surface area contributed by atoms with Crippen LogP contribution in [0.1, 0.15) is 93.0 Å². The molecule has 1 fully saturated rings. The molecule has 10 nitrogen and oxygen atoms in total. The minimum atomic E-state index is -0.758. The third-order valence-corrected chi connectivity index (χ3v) is 9.70. The molecule has 1 aliphatic heterocycles. The van der Waals surface area contributed by atoms with Crippen LogP contribution in [0, 0.1) is 23.7 Å². The number of aromatic hydroxyl groups is 1. The molecule has 0 unspecified atom stereocenters. The minimum absolute atomic E-state index is 0.00280. The first-order valence-corrected chi connectivity index (χ1v) is 18.0. The van der Waals surface area contributed by atoms with E-state index in [9.17, 15) is 15.0 Å². The van der Waals surface area contributed by atoms with Crippen molar-refractivity contribution in [1.82, 2.24) is 10.6 Å². The normalized spacial score (nSPS) is 20.3. The van der Waals surface area contributed by atoms with E-state index in [2.05, 4.69) is 47.4 Å². The first-order chi connectivity index (χ1) is 23.7. The molecule has 1 saturated carbocycles. The summed E-state index contributed by atoms with van der Waals surface area (Å²) >= 11 is 0. The van der Waals surface area contributed by atoms with Crippen molar-refractivity contribution in [3.05, 3.63) is 46.0 Å². The number of Topliss-reactive ketones (excluding diaryl/α,β-unsaturated/α-hetero) is 1. The van der Waals surface area contributed by atoms with Crippen molar-refractivity contribution >= 4 is 11.7 Å². The van der Waals surface area contributed by atoms with Crippen LogP contribution in [0.5, 0.6) is 23.0 Å². The van der Waals surface area contributed by atoms with Crippen molar-refractivity contribution in [1.29, 1.82) is 0 Å². The molecule has 2 aromatic carbocycles. The standard InChI is InChI=1S/C39H54N4O6/c1-25(2)22-42-39(40)41-18-17-26-19-34-28-12-15-32(45)21-31(44)14-11-27-13-16-35(46)37(47-3)33(27)10-6-7-29(20-28)36(38(34)48-23-26)49-24-43-30-8-4-5-9-30/h13,16,20,25-26,30,32,43,45-46H,4-5,7-9,11-12,14-15,17-19,21-24H2,1-3H3,(H3,40,41,42)/t26-,32-/m1/s1. The molecule has 0 aromatic heterocycles. The Kier molecular flexibility index (Phi) is 13.1. The lowest BCUT2D eigenvalue weighted by atomic mass is 9.86. The van der Waals surface area contributed by atoms with Gasteiger partial charge in [0, 0.05) is 49.5 Å². The Morgan fingerprint density at radius 3 is 2.69 bits per heavy atom. The molecular weight excluding hydrogens is 620 g/mol. The lowest BCUT2D eigenvalue weighted by Crippen LogP contribution is -2.35. The molecule has 0 saturated heterocycles. The molecule has 1 heterocycles. The number of benzene rings is 2. The summed E-state index contributed by atoms with van der Waals surface area (Å²) in [4.78, 5) is 17.3. The Balaban J connectivity index is 1.47. The fourth-order valence-corrected chi connectivity index (χ4v) is 6.97. The van der Waals surface area contributed by atoms with E-state index in [0.29, 0.717) is 87.1 Å². The lowest BCUT2D eigenvalue weighted by molar-refractivity contribution is -0.121. The van der Waals surface area contributed by atoms with Gasteiger partial charge in [0.1, 0.15) is 12.5 Å². The summed E-state index contributed by atoms with van der Waals surface area (Å²) in [5, 5.41) is 28.3. The maximum absolute atomic E-state index is 12.9. The van der Waals surface area contributed by atoms with Crippen LogP contribution in [0.4, 0.5) is 0 Å². The van der Waals surface area contributed by atoms with E-state index in [1.165, 1.54) is 20.0 Å².